The molecular weight excluding hydrogens is 428 g/mol. The Kier molecular flexibility index (Phi) is 7.31. The molecule has 1 aromatic heterocycles. The molecule has 2 aromatic carbocycles. The number of thiazole rings is 1. The average Bonchev–Trinajstić information content (AvgIpc) is 3.22. The van der Waals surface area contributed by atoms with Crippen LogP contribution in [0.25, 0.3) is 11.3 Å². The molecule has 0 N–H and O–H groups in total. The predicted octanol–water partition coefficient (Wildman–Crippen LogP) is 4.09. The highest BCUT2D eigenvalue weighted by atomic mass is 32.1. The van der Waals surface area contributed by atoms with E-state index in [1.807, 2.05) is 42.6 Å². The highest BCUT2D eigenvalue weighted by Crippen LogP contribution is 2.25. The molecule has 1 aliphatic rings. The molecule has 0 bridgehead atoms. The van der Waals surface area contributed by atoms with Crippen LogP contribution in [0.15, 0.2) is 58.9 Å². The second kappa shape index (κ2) is 10.5. The van der Waals surface area contributed by atoms with Gasteiger partial charge in [-0.05, 0) is 31.2 Å². The molecule has 0 radical (unpaired) electrons. The molecule has 0 aliphatic carbocycles. The zero-order valence-corrected chi connectivity index (χ0v) is 18.8. The molecule has 0 saturated carbocycles. The maximum absolute atomic E-state index is 11.3. The van der Waals surface area contributed by atoms with Gasteiger partial charge in [0, 0.05) is 49.3 Å². The summed E-state index contributed by atoms with van der Waals surface area (Å²) in [5, 5.41) is 13.3. The van der Waals surface area contributed by atoms with Gasteiger partial charge in [-0.3, -0.25) is 15.0 Å². The van der Waals surface area contributed by atoms with Crippen molar-refractivity contribution in [1.29, 1.82) is 0 Å². The smallest absolute Gasteiger partial charge is 0.270 e. The Balaban J connectivity index is 1.69. The fourth-order valence-electron chi connectivity index (χ4n) is 3.60. The molecule has 1 saturated heterocycles. The molecule has 0 spiro atoms. The summed E-state index contributed by atoms with van der Waals surface area (Å²) in [6, 6.07) is 14.5. The van der Waals surface area contributed by atoms with Crippen molar-refractivity contribution in [3.8, 4) is 17.0 Å². The number of hydrogen-bond acceptors (Lipinski definition) is 7. The van der Waals surface area contributed by atoms with Crippen LogP contribution in [0.2, 0.25) is 0 Å². The van der Waals surface area contributed by atoms with E-state index in [2.05, 4.69) is 9.47 Å². The van der Waals surface area contributed by atoms with Crippen molar-refractivity contribution in [2.75, 3.05) is 39.5 Å². The fourth-order valence-corrected chi connectivity index (χ4v) is 4.56. The van der Waals surface area contributed by atoms with Crippen LogP contribution in [0, 0.1) is 10.1 Å². The monoisotopic (exact) mass is 454 g/mol. The Hall–Kier alpha value is -3.01. The summed E-state index contributed by atoms with van der Waals surface area (Å²) in [6.45, 7) is 7.47. The van der Waals surface area contributed by atoms with Crippen molar-refractivity contribution in [3.63, 3.8) is 0 Å². The van der Waals surface area contributed by atoms with E-state index >= 15 is 0 Å². The second-order valence-electron chi connectivity index (χ2n) is 7.36. The number of nitro groups is 1. The largest absolute Gasteiger partial charge is 0.494 e. The van der Waals surface area contributed by atoms with Crippen molar-refractivity contribution >= 4 is 22.7 Å². The molecule has 4 rings (SSSR count). The van der Waals surface area contributed by atoms with Gasteiger partial charge in [0.05, 0.1) is 36.1 Å². The van der Waals surface area contributed by atoms with E-state index in [1.54, 1.807) is 12.1 Å². The van der Waals surface area contributed by atoms with Gasteiger partial charge in [0.25, 0.3) is 5.69 Å². The quantitative estimate of drug-likeness (QED) is 0.378. The van der Waals surface area contributed by atoms with Crippen LogP contribution < -0.4 is 9.54 Å². The molecule has 0 unspecified atom stereocenters. The van der Waals surface area contributed by atoms with Crippen molar-refractivity contribution in [3.05, 3.63) is 68.8 Å². The van der Waals surface area contributed by atoms with E-state index in [9.17, 15) is 10.1 Å². The summed E-state index contributed by atoms with van der Waals surface area (Å²) in [6.07, 6.45) is 0. The minimum Gasteiger partial charge on any atom is -0.494 e. The standard InChI is InChI=1S/C23H26N4O4S/c1-2-31-21-8-6-19(7-9-21)24-23-26(11-10-25-12-14-30-15-13-25)22(17-32-23)18-4-3-5-20(16-18)27(28)29/h3-9,16-17H,2,10-15H2,1H3. The van der Waals surface area contributed by atoms with Gasteiger partial charge in [-0.1, -0.05) is 12.1 Å². The molecule has 0 amide bonds. The first kappa shape index (κ1) is 22.2. The van der Waals surface area contributed by atoms with E-state index in [1.165, 1.54) is 17.4 Å². The van der Waals surface area contributed by atoms with Gasteiger partial charge in [-0.2, -0.15) is 0 Å². The number of morpholine rings is 1. The van der Waals surface area contributed by atoms with Gasteiger partial charge in [0.15, 0.2) is 4.80 Å². The van der Waals surface area contributed by atoms with Gasteiger partial charge in [-0.15, -0.1) is 11.3 Å². The molecule has 1 fully saturated rings. The predicted molar refractivity (Wildman–Crippen MR) is 124 cm³/mol. The number of non-ortho nitro benzene ring substituents is 1. The van der Waals surface area contributed by atoms with Crippen LogP contribution in [0.4, 0.5) is 11.4 Å². The van der Waals surface area contributed by atoms with Gasteiger partial charge in [-0.25, -0.2) is 4.99 Å². The molecule has 0 atom stereocenters. The number of rotatable bonds is 8. The molecule has 168 valence electrons. The molecule has 1 aliphatic heterocycles. The van der Waals surface area contributed by atoms with Crippen LogP contribution in [-0.2, 0) is 11.3 Å². The Morgan fingerprint density at radius 1 is 1.16 bits per heavy atom. The first-order chi connectivity index (χ1) is 15.6. The molecular formula is C23H26N4O4S. The topological polar surface area (TPSA) is 82.1 Å². The Morgan fingerprint density at radius 3 is 2.66 bits per heavy atom. The minimum atomic E-state index is -0.362. The average molecular weight is 455 g/mol. The number of aromatic nitrogens is 1. The highest BCUT2D eigenvalue weighted by molar-refractivity contribution is 7.07. The van der Waals surface area contributed by atoms with E-state index in [-0.39, 0.29) is 10.6 Å². The number of hydrogen-bond donors (Lipinski definition) is 0. The summed E-state index contributed by atoms with van der Waals surface area (Å²) < 4.78 is 13.1. The van der Waals surface area contributed by atoms with Gasteiger partial charge in [0.2, 0.25) is 0 Å². The highest BCUT2D eigenvalue weighted by Gasteiger charge is 2.15. The van der Waals surface area contributed by atoms with Crippen molar-refractivity contribution < 1.29 is 14.4 Å². The Labute approximate surface area is 190 Å². The zero-order valence-electron chi connectivity index (χ0n) is 18.0. The summed E-state index contributed by atoms with van der Waals surface area (Å²) >= 11 is 1.53. The van der Waals surface area contributed by atoms with Crippen molar-refractivity contribution in [2.24, 2.45) is 4.99 Å². The third-order valence-electron chi connectivity index (χ3n) is 5.27. The first-order valence-corrected chi connectivity index (χ1v) is 11.5. The lowest BCUT2D eigenvalue weighted by atomic mass is 10.1. The van der Waals surface area contributed by atoms with Crippen molar-refractivity contribution in [1.82, 2.24) is 9.47 Å². The Bertz CT molecular complexity index is 1120. The van der Waals surface area contributed by atoms with Crippen LogP contribution in [0.3, 0.4) is 0 Å². The summed E-state index contributed by atoms with van der Waals surface area (Å²) in [7, 11) is 0. The second-order valence-corrected chi connectivity index (χ2v) is 8.19. The van der Waals surface area contributed by atoms with Gasteiger partial charge < -0.3 is 14.0 Å². The van der Waals surface area contributed by atoms with Gasteiger partial charge >= 0.3 is 0 Å². The van der Waals surface area contributed by atoms with Crippen molar-refractivity contribution in [2.45, 2.75) is 13.5 Å². The normalized spacial score (nSPS) is 15.1. The SMILES string of the molecule is CCOc1ccc(N=c2scc(-c3cccc([N+](=O)[O-])c3)n2CCN2CCOCC2)cc1. The number of nitrogens with zero attached hydrogens (tertiary/aromatic N) is 4. The summed E-state index contributed by atoms with van der Waals surface area (Å²) in [4.78, 5) is 19.0. The maximum atomic E-state index is 11.3. The fraction of sp³-hybridized carbons (Fsp3) is 0.348. The number of nitro benzene ring substituents is 1. The molecule has 9 heteroatoms. The molecule has 8 nitrogen and oxygen atoms in total. The van der Waals surface area contributed by atoms with Gasteiger partial charge in [0.1, 0.15) is 5.75 Å². The lowest BCUT2D eigenvalue weighted by Gasteiger charge is -2.26. The third kappa shape index (κ3) is 5.42. The molecule has 32 heavy (non-hydrogen) atoms. The lowest BCUT2D eigenvalue weighted by molar-refractivity contribution is -0.384. The van der Waals surface area contributed by atoms with Crippen LogP contribution in [-0.4, -0.2) is 53.8 Å². The zero-order chi connectivity index (χ0) is 22.3. The molecule has 3 aromatic rings. The number of ether oxygens (including phenoxy) is 2. The van der Waals surface area contributed by atoms with Crippen LogP contribution in [0.1, 0.15) is 6.92 Å². The number of benzene rings is 2. The van der Waals surface area contributed by atoms with E-state index < -0.39 is 0 Å². The maximum Gasteiger partial charge on any atom is 0.270 e. The lowest BCUT2D eigenvalue weighted by Crippen LogP contribution is -2.39. The van der Waals surface area contributed by atoms with Crippen LogP contribution in [0.5, 0.6) is 5.75 Å². The Morgan fingerprint density at radius 2 is 1.94 bits per heavy atom. The van der Waals surface area contributed by atoms with E-state index in [0.717, 1.165) is 66.9 Å². The van der Waals surface area contributed by atoms with E-state index in [0.29, 0.717) is 6.61 Å². The van der Waals surface area contributed by atoms with Crippen LogP contribution >= 0.6 is 11.3 Å². The van der Waals surface area contributed by atoms with E-state index in [4.69, 9.17) is 14.5 Å². The first-order valence-electron chi connectivity index (χ1n) is 10.6. The molecule has 2 heterocycles. The summed E-state index contributed by atoms with van der Waals surface area (Å²) in [5.41, 5.74) is 2.65. The summed E-state index contributed by atoms with van der Waals surface area (Å²) in [5.74, 6) is 0.815. The third-order valence-corrected chi connectivity index (χ3v) is 6.13. The minimum absolute atomic E-state index is 0.0819.